The molecule has 4 N–H and O–H groups in total. The van der Waals surface area contributed by atoms with Crippen molar-refractivity contribution in [3.8, 4) is 5.75 Å². The summed E-state index contributed by atoms with van der Waals surface area (Å²) in [6.07, 6.45) is 1.49. The zero-order valence-corrected chi connectivity index (χ0v) is 25.2. The molecule has 0 aliphatic carbocycles. The zero-order chi connectivity index (χ0) is 30.8. The van der Waals surface area contributed by atoms with Crippen molar-refractivity contribution in [3.63, 3.8) is 0 Å². The molecule has 42 heavy (non-hydrogen) atoms. The Bertz CT molecular complexity index is 1370. The van der Waals surface area contributed by atoms with Gasteiger partial charge >= 0.3 is 12.0 Å². The lowest BCUT2D eigenvalue weighted by Crippen LogP contribution is -2.31. The monoisotopic (exact) mass is 578 g/mol. The first-order valence-corrected chi connectivity index (χ1v) is 14.2. The molecule has 2 unspecified atom stereocenters. The van der Waals surface area contributed by atoms with E-state index < -0.39 is 24.0 Å². The minimum absolute atomic E-state index is 0.0842. The molecule has 0 aliphatic heterocycles. The largest absolute Gasteiger partial charge is 0.495 e. The Labute approximate surface area is 247 Å². The number of anilines is 2. The molecule has 10 heteroatoms. The number of aliphatic carboxylic acids is 1. The number of aryl methyl sites for hydroxylation is 1. The second-order valence-electron chi connectivity index (χ2n) is 11.4. The van der Waals surface area contributed by atoms with E-state index in [9.17, 15) is 19.5 Å². The van der Waals surface area contributed by atoms with Crippen LogP contribution in [0.15, 0.2) is 53.1 Å². The van der Waals surface area contributed by atoms with E-state index in [1.165, 1.54) is 7.11 Å². The minimum Gasteiger partial charge on any atom is -0.495 e. The van der Waals surface area contributed by atoms with Gasteiger partial charge in [0, 0.05) is 18.2 Å². The topological polar surface area (TPSA) is 143 Å². The van der Waals surface area contributed by atoms with Gasteiger partial charge in [-0.25, -0.2) is 4.79 Å². The van der Waals surface area contributed by atoms with Gasteiger partial charge in [0.1, 0.15) is 17.2 Å². The van der Waals surface area contributed by atoms with Crippen molar-refractivity contribution in [2.24, 2.45) is 17.8 Å². The van der Waals surface area contributed by atoms with E-state index >= 15 is 0 Å². The van der Waals surface area contributed by atoms with Crippen LogP contribution in [-0.2, 0) is 22.4 Å². The molecule has 0 aliphatic rings. The van der Waals surface area contributed by atoms with Gasteiger partial charge in [0.25, 0.3) is 0 Å². The quantitative estimate of drug-likeness (QED) is 0.174. The fourth-order valence-electron chi connectivity index (χ4n) is 4.77. The van der Waals surface area contributed by atoms with Gasteiger partial charge in [-0.2, -0.15) is 0 Å². The first kappa shape index (κ1) is 32.2. The number of rotatable bonds is 14. The molecule has 0 spiro atoms. The second kappa shape index (κ2) is 15.0. The van der Waals surface area contributed by atoms with E-state index in [2.05, 4.69) is 35.0 Å². The highest BCUT2D eigenvalue weighted by atomic mass is 16.5. The van der Waals surface area contributed by atoms with Crippen LogP contribution < -0.4 is 20.7 Å². The molecule has 226 valence electrons. The molecule has 3 rings (SSSR count). The molecule has 10 nitrogen and oxygen atoms in total. The lowest BCUT2D eigenvalue weighted by Gasteiger charge is -2.19. The standard InChI is InChI=1S/C32H42N4O6/c1-19(2)13-23(31(38)39)17-24-18-28(36-42-24)27(14-20(3)4)33-30(37)16-22-11-12-26(29(15-22)41-6)35-32(40)34-25-10-8-7-9-21(25)5/h7-12,15,18-20,23,27H,13-14,16-17H2,1-6H3,(H,33,37)(H,38,39)(H2,34,35,40). The molecule has 0 radical (unpaired) electrons. The van der Waals surface area contributed by atoms with E-state index in [1.807, 2.05) is 45.0 Å². The van der Waals surface area contributed by atoms with Crippen LogP contribution >= 0.6 is 0 Å². The van der Waals surface area contributed by atoms with Gasteiger partial charge in [0.2, 0.25) is 5.91 Å². The van der Waals surface area contributed by atoms with E-state index in [1.54, 1.807) is 24.3 Å². The number of hydrogen-bond donors (Lipinski definition) is 4. The summed E-state index contributed by atoms with van der Waals surface area (Å²) in [5, 5.41) is 22.4. The molecular weight excluding hydrogens is 536 g/mol. The molecule has 1 heterocycles. The number of carboxylic acids is 1. The van der Waals surface area contributed by atoms with Crippen molar-refractivity contribution in [1.29, 1.82) is 0 Å². The highest BCUT2D eigenvalue weighted by Gasteiger charge is 2.25. The number of para-hydroxylation sites is 1. The Balaban J connectivity index is 1.66. The van der Waals surface area contributed by atoms with Gasteiger partial charge in [0.15, 0.2) is 0 Å². The maximum Gasteiger partial charge on any atom is 0.323 e. The Hall–Kier alpha value is -4.34. The van der Waals surface area contributed by atoms with Crippen LogP contribution in [0.25, 0.3) is 0 Å². The van der Waals surface area contributed by atoms with Crippen LogP contribution in [0.3, 0.4) is 0 Å². The van der Waals surface area contributed by atoms with Gasteiger partial charge in [0.05, 0.1) is 31.2 Å². The number of carbonyl (C=O) groups excluding carboxylic acids is 2. The number of nitrogens with one attached hydrogen (secondary N) is 3. The summed E-state index contributed by atoms with van der Waals surface area (Å²) in [6, 6.07) is 13.6. The van der Waals surface area contributed by atoms with Gasteiger partial charge in [-0.05, 0) is 60.9 Å². The summed E-state index contributed by atoms with van der Waals surface area (Å²) in [4.78, 5) is 37.4. The third-order valence-corrected chi connectivity index (χ3v) is 6.80. The highest BCUT2D eigenvalue weighted by molar-refractivity contribution is 6.01. The molecule has 0 bridgehead atoms. The Kier molecular flexibility index (Phi) is 11.5. The van der Waals surface area contributed by atoms with Crippen molar-refractivity contribution < 1.29 is 28.8 Å². The van der Waals surface area contributed by atoms with Gasteiger partial charge < -0.3 is 30.3 Å². The number of hydrogen-bond acceptors (Lipinski definition) is 6. The fraction of sp³-hybridized carbons (Fsp3) is 0.438. The van der Waals surface area contributed by atoms with Crippen LogP contribution in [0.1, 0.15) is 69.2 Å². The normalized spacial score (nSPS) is 12.6. The molecule has 0 saturated carbocycles. The maximum atomic E-state index is 13.1. The number of urea groups is 1. The summed E-state index contributed by atoms with van der Waals surface area (Å²) >= 11 is 0. The highest BCUT2D eigenvalue weighted by Crippen LogP contribution is 2.28. The zero-order valence-electron chi connectivity index (χ0n) is 25.2. The van der Waals surface area contributed by atoms with Crippen molar-refractivity contribution >= 4 is 29.3 Å². The van der Waals surface area contributed by atoms with Gasteiger partial charge in [-0.1, -0.05) is 57.1 Å². The van der Waals surface area contributed by atoms with Crippen molar-refractivity contribution in [1.82, 2.24) is 10.5 Å². The number of methoxy groups -OCH3 is 1. The predicted molar refractivity (Wildman–Crippen MR) is 162 cm³/mol. The molecular formula is C32H42N4O6. The molecule has 3 amide bonds. The summed E-state index contributed by atoms with van der Waals surface area (Å²) < 4.78 is 11.0. The molecule has 2 aromatic carbocycles. The average molecular weight is 579 g/mol. The number of benzene rings is 2. The molecule has 1 aromatic heterocycles. The van der Waals surface area contributed by atoms with Crippen LogP contribution in [0.5, 0.6) is 5.75 Å². The number of ether oxygens (including phenoxy) is 1. The van der Waals surface area contributed by atoms with Crippen LogP contribution in [0.4, 0.5) is 16.2 Å². The second-order valence-corrected chi connectivity index (χ2v) is 11.4. The van der Waals surface area contributed by atoms with Gasteiger partial charge in [-0.3, -0.25) is 9.59 Å². The summed E-state index contributed by atoms with van der Waals surface area (Å²) in [5.74, 6) is -0.231. The third-order valence-electron chi connectivity index (χ3n) is 6.80. The summed E-state index contributed by atoms with van der Waals surface area (Å²) in [7, 11) is 1.50. The number of aromatic nitrogens is 1. The van der Waals surface area contributed by atoms with Crippen molar-refractivity contribution in [3.05, 3.63) is 71.1 Å². The maximum absolute atomic E-state index is 13.1. The van der Waals surface area contributed by atoms with Crippen molar-refractivity contribution in [2.45, 2.75) is 66.3 Å². The number of nitrogens with zero attached hydrogens (tertiary/aromatic N) is 1. The predicted octanol–water partition coefficient (Wildman–Crippen LogP) is 6.37. The SMILES string of the molecule is COc1cc(CC(=O)NC(CC(C)C)c2cc(CC(CC(C)C)C(=O)O)on2)ccc1NC(=O)Nc1ccccc1C. The Morgan fingerprint density at radius 1 is 0.952 bits per heavy atom. The van der Waals surface area contributed by atoms with Gasteiger partial charge in [-0.15, -0.1) is 0 Å². The van der Waals surface area contributed by atoms with Crippen LogP contribution in [0, 0.1) is 24.7 Å². The molecule has 0 saturated heterocycles. The average Bonchev–Trinajstić information content (AvgIpc) is 3.38. The number of carboxylic acid groups (broad SMARTS) is 1. The van der Waals surface area contributed by atoms with E-state index in [-0.39, 0.29) is 30.6 Å². The first-order chi connectivity index (χ1) is 19.9. The molecule has 3 aromatic rings. The fourth-order valence-corrected chi connectivity index (χ4v) is 4.77. The molecule has 0 fully saturated rings. The summed E-state index contributed by atoms with van der Waals surface area (Å²) in [6.45, 7) is 9.98. The van der Waals surface area contributed by atoms with Crippen LogP contribution in [0.2, 0.25) is 0 Å². The lowest BCUT2D eigenvalue weighted by atomic mass is 9.93. The summed E-state index contributed by atoms with van der Waals surface area (Å²) in [5.41, 5.74) is 3.38. The third kappa shape index (κ3) is 9.64. The minimum atomic E-state index is -0.864. The number of carbonyl (C=O) groups is 3. The Morgan fingerprint density at radius 3 is 2.29 bits per heavy atom. The smallest absolute Gasteiger partial charge is 0.323 e. The van der Waals surface area contributed by atoms with E-state index in [4.69, 9.17) is 9.26 Å². The van der Waals surface area contributed by atoms with E-state index in [0.717, 1.165) is 5.56 Å². The Morgan fingerprint density at radius 2 is 1.64 bits per heavy atom. The lowest BCUT2D eigenvalue weighted by molar-refractivity contribution is -0.142. The first-order valence-electron chi connectivity index (χ1n) is 14.2. The number of amides is 3. The molecule has 2 atom stereocenters. The van der Waals surface area contributed by atoms with E-state index in [0.29, 0.717) is 47.0 Å². The van der Waals surface area contributed by atoms with Crippen LogP contribution in [-0.4, -0.2) is 35.3 Å². The van der Waals surface area contributed by atoms with Crippen molar-refractivity contribution in [2.75, 3.05) is 17.7 Å².